The SMILES string of the molecule is CCN(Cc1ccc(COC)o1)C[C@H]1CCCN(CCc2cccc(F)c2)C1. The highest BCUT2D eigenvalue weighted by Crippen LogP contribution is 2.20. The molecule has 0 unspecified atom stereocenters. The molecule has 0 bridgehead atoms. The van der Waals surface area contributed by atoms with Crippen molar-refractivity contribution >= 4 is 0 Å². The van der Waals surface area contributed by atoms with Crippen LogP contribution in [0.2, 0.25) is 0 Å². The number of benzene rings is 1. The molecule has 0 N–H and O–H groups in total. The number of hydrogen-bond donors (Lipinski definition) is 0. The number of furan rings is 1. The molecule has 1 aliphatic rings. The Hall–Kier alpha value is -1.69. The Kier molecular flexibility index (Phi) is 8.07. The van der Waals surface area contributed by atoms with E-state index in [0.717, 1.165) is 62.8 Å². The summed E-state index contributed by atoms with van der Waals surface area (Å²) in [4.78, 5) is 5.01. The molecule has 0 aliphatic carbocycles. The first-order valence-electron chi connectivity index (χ1n) is 10.4. The lowest BCUT2D eigenvalue weighted by Crippen LogP contribution is -2.41. The van der Waals surface area contributed by atoms with Crippen molar-refractivity contribution in [2.75, 3.05) is 39.8 Å². The van der Waals surface area contributed by atoms with E-state index >= 15 is 0 Å². The van der Waals surface area contributed by atoms with Gasteiger partial charge >= 0.3 is 0 Å². The zero-order valence-electron chi connectivity index (χ0n) is 17.2. The van der Waals surface area contributed by atoms with E-state index in [1.165, 1.54) is 18.9 Å². The first-order chi connectivity index (χ1) is 13.7. The highest BCUT2D eigenvalue weighted by Gasteiger charge is 2.22. The van der Waals surface area contributed by atoms with Crippen LogP contribution in [0, 0.1) is 11.7 Å². The molecule has 4 nitrogen and oxygen atoms in total. The lowest BCUT2D eigenvalue weighted by molar-refractivity contribution is 0.126. The summed E-state index contributed by atoms with van der Waals surface area (Å²) in [5.74, 6) is 2.43. The Labute approximate surface area is 168 Å². The second kappa shape index (κ2) is 10.7. The maximum absolute atomic E-state index is 13.4. The van der Waals surface area contributed by atoms with Crippen LogP contribution < -0.4 is 0 Å². The van der Waals surface area contributed by atoms with Gasteiger partial charge in [-0.3, -0.25) is 4.90 Å². The number of methoxy groups -OCH3 is 1. The van der Waals surface area contributed by atoms with Gasteiger partial charge < -0.3 is 14.1 Å². The predicted octanol–water partition coefficient (Wildman–Crippen LogP) is 4.34. The van der Waals surface area contributed by atoms with Crippen molar-refractivity contribution in [2.24, 2.45) is 5.92 Å². The van der Waals surface area contributed by atoms with Crippen LogP contribution in [0.5, 0.6) is 0 Å². The van der Waals surface area contributed by atoms with Gasteiger partial charge in [-0.1, -0.05) is 19.1 Å². The van der Waals surface area contributed by atoms with Gasteiger partial charge in [-0.15, -0.1) is 0 Å². The Balaban J connectivity index is 1.47. The fourth-order valence-electron chi connectivity index (χ4n) is 4.10. The minimum absolute atomic E-state index is 0.140. The average molecular weight is 389 g/mol. The number of halogens is 1. The lowest BCUT2D eigenvalue weighted by Gasteiger charge is -2.35. The number of likely N-dealkylation sites (tertiary alicyclic amines) is 1. The van der Waals surface area contributed by atoms with E-state index in [4.69, 9.17) is 9.15 Å². The van der Waals surface area contributed by atoms with Crippen LogP contribution in [0.15, 0.2) is 40.8 Å². The van der Waals surface area contributed by atoms with Crippen molar-refractivity contribution in [3.05, 3.63) is 59.3 Å². The number of rotatable bonds is 10. The number of nitrogens with zero attached hydrogens (tertiary/aromatic N) is 2. The van der Waals surface area contributed by atoms with Gasteiger partial charge in [-0.25, -0.2) is 4.39 Å². The smallest absolute Gasteiger partial charge is 0.129 e. The number of piperidine rings is 1. The molecule has 1 atom stereocenters. The summed E-state index contributed by atoms with van der Waals surface area (Å²) in [5.41, 5.74) is 1.09. The summed E-state index contributed by atoms with van der Waals surface area (Å²) >= 11 is 0. The van der Waals surface area contributed by atoms with E-state index in [2.05, 4.69) is 22.8 Å². The molecule has 2 heterocycles. The lowest BCUT2D eigenvalue weighted by atomic mass is 9.97. The average Bonchev–Trinajstić information content (AvgIpc) is 3.13. The molecule has 1 fully saturated rings. The van der Waals surface area contributed by atoms with E-state index in [-0.39, 0.29) is 5.82 Å². The number of hydrogen-bond acceptors (Lipinski definition) is 4. The zero-order chi connectivity index (χ0) is 19.8. The third-order valence-electron chi connectivity index (χ3n) is 5.56. The van der Waals surface area contributed by atoms with Crippen molar-refractivity contribution in [2.45, 2.75) is 39.3 Å². The van der Waals surface area contributed by atoms with Gasteiger partial charge in [0.25, 0.3) is 0 Å². The molecule has 154 valence electrons. The molecule has 1 aromatic heterocycles. The van der Waals surface area contributed by atoms with E-state index in [0.29, 0.717) is 12.5 Å². The largest absolute Gasteiger partial charge is 0.462 e. The molecule has 0 amide bonds. The molecule has 3 rings (SSSR count). The molecule has 5 heteroatoms. The first kappa shape index (κ1) is 21.0. The summed E-state index contributed by atoms with van der Waals surface area (Å²) in [5, 5.41) is 0. The van der Waals surface area contributed by atoms with E-state index in [1.54, 1.807) is 19.2 Å². The minimum Gasteiger partial charge on any atom is -0.462 e. The monoisotopic (exact) mass is 388 g/mol. The van der Waals surface area contributed by atoms with Crippen LogP contribution in [0.3, 0.4) is 0 Å². The Morgan fingerprint density at radius 2 is 2.11 bits per heavy atom. The summed E-state index contributed by atoms with van der Waals surface area (Å²) in [6.45, 7) is 8.96. The molecular formula is C23H33FN2O2. The summed E-state index contributed by atoms with van der Waals surface area (Å²) in [7, 11) is 1.68. The summed E-state index contributed by atoms with van der Waals surface area (Å²) < 4.78 is 24.4. The van der Waals surface area contributed by atoms with Crippen molar-refractivity contribution in [3.63, 3.8) is 0 Å². The highest BCUT2D eigenvalue weighted by molar-refractivity contribution is 5.16. The quantitative estimate of drug-likeness (QED) is 0.605. The maximum atomic E-state index is 13.4. The fraction of sp³-hybridized carbons (Fsp3) is 0.565. The van der Waals surface area contributed by atoms with Crippen LogP contribution in [-0.2, 0) is 24.3 Å². The van der Waals surface area contributed by atoms with Crippen LogP contribution >= 0.6 is 0 Å². The molecule has 1 aromatic carbocycles. The molecule has 2 aromatic rings. The van der Waals surface area contributed by atoms with Gasteiger partial charge in [0.05, 0.1) is 6.54 Å². The van der Waals surface area contributed by atoms with Crippen molar-refractivity contribution in [3.8, 4) is 0 Å². The molecule has 0 saturated carbocycles. The van der Waals surface area contributed by atoms with Gasteiger partial charge in [0, 0.05) is 26.7 Å². The van der Waals surface area contributed by atoms with E-state index in [1.807, 2.05) is 12.1 Å². The first-order valence-corrected chi connectivity index (χ1v) is 10.4. The Bertz CT molecular complexity index is 718. The summed E-state index contributed by atoms with van der Waals surface area (Å²) in [6.07, 6.45) is 3.43. The molecular weight excluding hydrogens is 355 g/mol. The second-order valence-electron chi connectivity index (χ2n) is 7.82. The van der Waals surface area contributed by atoms with Gasteiger partial charge in [0.1, 0.15) is 23.9 Å². The topological polar surface area (TPSA) is 28.9 Å². The maximum Gasteiger partial charge on any atom is 0.129 e. The number of ether oxygens (including phenoxy) is 1. The van der Waals surface area contributed by atoms with Crippen molar-refractivity contribution in [1.29, 1.82) is 0 Å². The van der Waals surface area contributed by atoms with Gasteiger partial charge in [0.2, 0.25) is 0 Å². The molecule has 0 radical (unpaired) electrons. The summed E-state index contributed by atoms with van der Waals surface area (Å²) in [6, 6.07) is 11.0. The van der Waals surface area contributed by atoms with Gasteiger partial charge in [0.15, 0.2) is 0 Å². The molecule has 28 heavy (non-hydrogen) atoms. The van der Waals surface area contributed by atoms with Crippen LogP contribution in [0.1, 0.15) is 36.8 Å². The van der Waals surface area contributed by atoms with Crippen LogP contribution in [0.25, 0.3) is 0 Å². The van der Waals surface area contributed by atoms with Crippen LogP contribution in [-0.4, -0.2) is 49.6 Å². The molecule has 1 aliphatic heterocycles. The van der Waals surface area contributed by atoms with Crippen molar-refractivity contribution < 1.29 is 13.5 Å². The third kappa shape index (κ3) is 6.43. The normalized spacial score (nSPS) is 18.1. The highest BCUT2D eigenvalue weighted by atomic mass is 19.1. The van der Waals surface area contributed by atoms with Crippen molar-refractivity contribution in [1.82, 2.24) is 9.80 Å². The second-order valence-corrected chi connectivity index (χ2v) is 7.82. The standard InChI is InChI=1S/C23H33FN2O2/c1-3-25(17-22-9-10-23(28-22)18-27-2)15-20-7-5-12-26(16-20)13-11-19-6-4-8-21(24)14-19/h4,6,8-10,14,20H,3,5,7,11-13,15-18H2,1-2H3/t20-/m1/s1. The fourth-order valence-corrected chi connectivity index (χ4v) is 4.10. The van der Waals surface area contributed by atoms with Gasteiger partial charge in [-0.05, 0) is 68.1 Å². The van der Waals surface area contributed by atoms with E-state index in [9.17, 15) is 4.39 Å². The molecule has 0 spiro atoms. The molecule has 1 saturated heterocycles. The van der Waals surface area contributed by atoms with Gasteiger partial charge in [-0.2, -0.15) is 0 Å². The van der Waals surface area contributed by atoms with E-state index < -0.39 is 0 Å². The Morgan fingerprint density at radius 3 is 2.89 bits per heavy atom. The Morgan fingerprint density at radius 1 is 1.25 bits per heavy atom. The zero-order valence-corrected chi connectivity index (χ0v) is 17.2. The minimum atomic E-state index is -0.140. The third-order valence-corrected chi connectivity index (χ3v) is 5.56. The predicted molar refractivity (Wildman–Crippen MR) is 110 cm³/mol. The van der Waals surface area contributed by atoms with Crippen LogP contribution in [0.4, 0.5) is 4.39 Å².